The van der Waals surface area contributed by atoms with Crippen molar-refractivity contribution in [3.63, 3.8) is 0 Å². The van der Waals surface area contributed by atoms with E-state index in [0.717, 1.165) is 36.1 Å². The molecule has 0 fully saturated rings. The molecule has 0 bridgehead atoms. The Balaban J connectivity index is 1.89. The first-order chi connectivity index (χ1) is 13.2. The van der Waals surface area contributed by atoms with E-state index in [-0.39, 0.29) is 5.91 Å². The average molecular weight is 361 g/mol. The Labute approximate surface area is 161 Å². The van der Waals surface area contributed by atoms with Crippen molar-refractivity contribution in [3.05, 3.63) is 78.0 Å². The molecule has 2 aromatic carbocycles. The molecule has 1 aromatic heterocycles. The molecular weight excluding hydrogens is 334 g/mol. The summed E-state index contributed by atoms with van der Waals surface area (Å²) in [6, 6.07) is 19.9. The quantitative estimate of drug-likeness (QED) is 0.603. The topological polar surface area (TPSA) is 36.4 Å². The number of rotatable bonds is 8. The van der Waals surface area contributed by atoms with Crippen LogP contribution in [0.1, 0.15) is 29.8 Å². The Bertz CT molecular complexity index is 870. The zero-order valence-electron chi connectivity index (χ0n) is 16.1. The maximum atomic E-state index is 13.4. The van der Waals surface area contributed by atoms with Gasteiger partial charge < -0.3 is 9.80 Å². The molecule has 27 heavy (non-hydrogen) atoms. The van der Waals surface area contributed by atoms with Gasteiger partial charge in [0, 0.05) is 31.2 Å². The van der Waals surface area contributed by atoms with Gasteiger partial charge in [-0.3, -0.25) is 9.78 Å². The van der Waals surface area contributed by atoms with Crippen molar-refractivity contribution in [2.75, 3.05) is 26.2 Å². The zero-order chi connectivity index (χ0) is 19.1. The molecule has 0 radical (unpaired) electrons. The molecule has 140 valence electrons. The molecular formula is C23H27N3O. The van der Waals surface area contributed by atoms with Crippen LogP contribution in [-0.4, -0.2) is 46.9 Å². The molecule has 0 atom stereocenters. The van der Waals surface area contributed by atoms with E-state index in [0.29, 0.717) is 18.7 Å². The first kappa shape index (κ1) is 19.1. The summed E-state index contributed by atoms with van der Waals surface area (Å²) in [6.45, 7) is 8.44. The highest BCUT2D eigenvalue weighted by Crippen LogP contribution is 2.19. The van der Waals surface area contributed by atoms with Gasteiger partial charge >= 0.3 is 0 Å². The predicted octanol–water partition coefficient (Wildman–Crippen LogP) is 4.22. The highest BCUT2D eigenvalue weighted by atomic mass is 16.2. The second-order valence-corrected chi connectivity index (χ2v) is 6.62. The first-order valence-corrected chi connectivity index (χ1v) is 9.62. The highest BCUT2D eigenvalue weighted by molar-refractivity contribution is 6.05. The summed E-state index contributed by atoms with van der Waals surface area (Å²) in [5.41, 5.74) is 2.58. The molecule has 3 rings (SSSR count). The van der Waals surface area contributed by atoms with Gasteiger partial charge in [0.25, 0.3) is 5.91 Å². The van der Waals surface area contributed by atoms with E-state index < -0.39 is 0 Å². The van der Waals surface area contributed by atoms with Crippen LogP contribution in [-0.2, 0) is 6.54 Å². The summed E-state index contributed by atoms with van der Waals surface area (Å²) in [4.78, 5) is 22.2. The van der Waals surface area contributed by atoms with Crippen LogP contribution in [0.3, 0.4) is 0 Å². The van der Waals surface area contributed by atoms with Crippen molar-refractivity contribution in [2.45, 2.75) is 20.4 Å². The summed E-state index contributed by atoms with van der Waals surface area (Å²) in [7, 11) is 0. The highest BCUT2D eigenvalue weighted by Gasteiger charge is 2.19. The summed E-state index contributed by atoms with van der Waals surface area (Å²) < 4.78 is 0. The zero-order valence-corrected chi connectivity index (χ0v) is 16.1. The van der Waals surface area contributed by atoms with E-state index in [2.05, 4.69) is 35.9 Å². The number of pyridine rings is 1. The SMILES string of the molecule is CCN(CC)CCN(Cc1ccccc1)C(=O)c1cccc2cccnc12. The van der Waals surface area contributed by atoms with Gasteiger partial charge in [-0.15, -0.1) is 0 Å². The molecule has 4 nitrogen and oxygen atoms in total. The fraction of sp³-hybridized carbons (Fsp3) is 0.304. The van der Waals surface area contributed by atoms with Gasteiger partial charge in [-0.2, -0.15) is 0 Å². The Hall–Kier alpha value is -2.72. The lowest BCUT2D eigenvalue weighted by Gasteiger charge is -2.27. The fourth-order valence-electron chi connectivity index (χ4n) is 3.31. The third kappa shape index (κ3) is 4.72. The molecule has 1 heterocycles. The molecule has 1 amide bonds. The van der Waals surface area contributed by atoms with Gasteiger partial charge in [0.2, 0.25) is 0 Å². The number of amides is 1. The van der Waals surface area contributed by atoms with E-state index in [4.69, 9.17) is 0 Å². The van der Waals surface area contributed by atoms with E-state index in [1.807, 2.05) is 53.4 Å². The van der Waals surface area contributed by atoms with Crippen LogP contribution in [0.25, 0.3) is 10.9 Å². The van der Waals surface area contributed by atoms with Crippen LogP contribution in [0.4, 0.5) is 0 Å². The maximum absolute atomic E-state index is 13.4. The first-order valence-electron chi connectivity index (χ1n) is 9.62. The molecule has 0 aliphatic rings. The third-order valence-corrected chi connectivity index (χ3v) is 4.95. The smallest absolute Gasteiger partial charge is 0.256 e. The molecule has 3 aromatic rings. The van der Waals surface area contributed by atoms with Crippen LogP contribution in [0.2, 0.25) is 0 Å². The number of carbonyl (C=O) groups excluding carboxylic acids is 1. The number of aromatic nitrogens is 1. The lowest BCUT2D eigenvalue weighted by atomic mass is 10.1. The van der Waals surface area contributed by atoms with Gasteiger partial charge in [-0.25, -0.2) is 0 Å². The molecule has 0 aliphatic carbocycles. The molecule has 0 unspecified atom stereocenters. The maximum Gasteiger partial charge on any atom is 0.256 e. The lowest BCUT2D eigenvalue weighted by molar-refractivity contribution is 0.0725. The number of nitrogens with zero attached hydrogens (tertiary/aromatic N) is 3. The molecule has 0 aliphatic heterocycles. The minimum atomic E-state index is 0.0373. The van der Waals surface area contributed by atoms with Gasteiger partial charge in [0.1, 0.15) is 0 Å². The van der Waals surface area contributed by atoms with E-state index in [9.17, 15) is 4.79 Å². The number of benzene rings is 2. The van der Waals surface area contributed by atoms with Crippen molar-refractivity contribution >= 4 is 16.8 Å². The fourth-order valence-corrected chi connectivity index (χ4v) is 3.31. The minimum absolute atomic E-state index is 0.0373. The number of fused-ring (bicyclic) bond motifs is 1. The largest absolute Gasteiger partial charge is 0.333 e. The molecule has 0 saturated heterocycles. The Morgan fingerprint density at radius 3 is 2.37 bits per heavy atom. The second kappa shape index (κ2) is 9.28. The number of hydrogen-bond acceptors (Lipinski definition) is 3. The number of para-hydroxylation sites is 1. The second-order valence-electron chi connectivity index (χ2n) is 6.62. The lowest BCUT2D eigenvalue weighted by Crippen LogP contribution is -2.38. The van der Waals surface area contributed by atoms with Gasteiger partial charge in [0.15, 0.2) is 0 Å². The third-order valence-electron chi connectivity index (χ3n) is 4.95. The Kier molecular flexibility index (Phi) is 6.55. The van der Waals surface area contributed by atoms with Crippen molar-refractivity contribution in [2.24, 2.45) is 0 Å². The summed E-state index contributed by atoms with van der Waals surface area (Å²) in [5, 5.41) is 0.992. The van der Waals surface area contributed by atoms with Crippen LogP contribution in [0.5, 0.6) is 0 Å². The van der Waals surface area contributed by atoms with Gasteiger partial charge in [0.05, 0.1) is 11.1 Å². The molecule has 4 heteroatoms. The number of likely N-dealkylation sites (N-methyl/N-ethyl adjacent to an activating group) is 1. The summed E-state index contributed by atoms with van der Waals surface area (Å²) in [6.07, 6.45) is 1.75. The molecule has 0 spiro atoms. The van der Waals surface area contributed by atoms with Crippen LogP contribution >= 0.6 is 0 Å². The van der Waals surface area contributed by atoms with Crippen LogP contribution in [0.15, 0.2) is 66.9 Å². The van der Waals surface area contributed by atoms with E-state index in [1.165, 1.54) is 0 Å². The molecule has 0 N–H and O–H groups in total. The van der Waals surface area contributed by atoms with Crippen LogP contribution < -0.4 is 0 Å². The monoisotopic (exact) mass is 361 g/mol. The number of hydrogen-bond donors (Lipinski definition) is 0. The van der Waals surface area contributed by atoms with Crippen molar-refractivity contribution < 1.29 is 4.79 Å². The minimum Gasteiger partial charge on any atom is -0.333 e. The van der Waals surface area contributed by atoms with E-state index in [1.54, 1.807) is 6.20 Å². The van der Waals surface area contributed by atoms with Gasteiger partial charge in [-0.1, -0.05) is 62.4 Å². The standard InChI is InChI=1S/C23H27N3O/c1-3-25(4-2)16-17-26(18-19-10-6-5-7-11-19)23(27)21-14-8-12-20-13-9-15-24-22(20)21/h5-15H,3-4,16-18H2,1-2H3. The van der Waals surface area contributed by atoms with Crippen molar-refractivity contribution in [3.8, 4) is 0 Å². The van der Waals surface area contributed by atoms with Crippen LogP contribution in [0, 0.1) is 0 Å². The summed E-state index contributed by atoms with van der Waals surface area (Å²) >= 11 is 0. The van der Waals surface area contributed by atoms with Crippen molar-refractivity contribution in [1.82, 2.24) is 14.8 Å². The normalized spacial score (nSPS) is 11.1. The molecule has 0 saturated carbocycles. The summed E-state index contributed by atoms with van der Waals surface area (Å²) in [5.74, 6) is 0.0373. The number of carbonyl (C=O) groups is 1. The predicted molar refractivity (Wildman–Crippen MR) is 111 cm³/mol. The Morgan fingerprint density at radius 2 is 1.63 bits per heavy atom. The van der Waals surface area contributed by atoms with E-state index >= 15 is 0 Å². The Morgan fingerprint density at radius 1 is 0.889 bits per heavy atom. The average Bonchev–Trinajstić information content (AvgIpc) is 2.73. The van der Waals surface area contributed by atoms with Crippen molar-refractivity contribution in [1.29, 1.82) is 0 Å². The van der Waals surface area contributed by atoms with Gasteiger partial charge in [-0.05, 0) is 30.8 Å².